The predicted molar refractivity (Wildman–Crippen MR) is 66.1 cm³/mol. The molecule has 1 aromatic rings. The summed E-state index contributed by atoms with van der Waals surface area (Å²) in [6.07, 6.45) is 0.635. The number of nitrogens with two attached hydrogens (primary N) is 1. The summed E-state index contributed by atoms with van der Waals surface area (Å²) in [5, 5.41) is 0. The zero-order valence-electron chi connectivity index (χ0n) is 10.2. The molecule has 0 aliphatic carbocycles. The van der Waals surface area contributed by atoms with Gasteiger partial charge in [-0.2, -0.15) is 0 Å². The number of benzene rings is 1. The highest BCUT2D eigenvalue weighted by Crippen LogP contribution is 2.36. The maximum atomic E-state index is 11.3. The Balaban J connectivity index is 2.66. The van der Waals surface area contributed by atoms with Crippen molar-refractivity contribution in [2.45, 2.75) is 26.5 Å². The Labute approximate surface area is 100 Å². The molecule has 90 valence electrons. The Morgan fingerprint density at radius 1 is 1.47 bits per heavy atom. The summed E-state index contributed by atoms with van der Waals surface area (Å²) < 4.78 is 5.55. The summed E-state index contributed by atoms with van der Waals surface area (Å²) in [7, 11) is 0. The normalized spacial score (nSPS) is 22.8. The van der Waals surface area contributed by atoms with Gasteiger partial charge in [-0.3, -0.25) is 10.5 Å². The quantitative estimate of drug-likeness (QED) is 0.793. The van der Waals surface area contributed by atoms with Crippen molar-refractivity contribution in [2.24, 2.45) is 16.6 Å². The Hall–Kier alpha value is -1.68. The third kappa shape index (κ3) is 1.85. The van der Waals surface area contributed by atoms with Crippen molar-refractivity contribution in [3.05, 3.63) is 29.3 Å². The largest absolute Gasteiger partial charge is 0.448 e. The Morgan fingerprint density at radius 2 is 2.18 bits per heavy atom. The van der Waals surface area contributed by atoms with E-state index in [0.717, 1.165) is 11.3 Å². The monoisotopic (exact) mass is 232 g/mol. The molecule has 0 bridgehead atoms. The third-order valence-corrected chi connectivity index (χ3v) is 2.81. The van der Waals surface area contributed by atoms with Crippen molar-refractivity contribution in [1.82, 2.24) is 0 Å². The van der Waals surface area contributed by atoms with Crippen molar-refractivity contribution in [3.8, 4) is 0 Å². The molecule has 1 heterocycles. The van der Waals surface area contributed by atoms with Gasteiger partial charge in [-0.1, -0.05) is 26.0 Å². The molecule has 4 heteroatoms. The molecule has 0 saturated heterocycles. The topological polar surface area (TPSA) is 64.7 Å². The Kier molecular flexibility index (Phi) is 2.75. The number of aliphatic imine (C=N–C) groups is 1. The number of nitrogens with zero attached hydrogens (tertiary/aromatic N) is 1. The van der Waals surface area contributed by atoms with Crippen LogP contribution in [0.4, 0.5) is 5.69 Å². The third-order valence-electron chi connectivity index (χ3n) is 2.81. The molecule has 2 N–H and O–H groups in total. The molecule has 0 saturated carbocycles. The zero-order valence-corrected chi connectivity index (χ0v) is 10.2. The van der Waals surface area contributed by atoms with E-state index in [1.807, 2.05) is 39.0 Å². The van der Waals surface area contributed by atoms with E-state index in [1.165, 1.54) is 0 Å². The highest BCUT2D eigenvalue weighted by atomic mass is 16.5. The first-order valence-corrected chi connectivity index (χ1v) is 5.61. The van der Waals surface area contributed by atoms with Crippen LogP contribution >= 0.6 is 0 Å². The first kappa shape index (κ1) is 11.8. The SMILES string of the molecule is Cc1cccc2c1C(N)(C=O)OC(C(C)C)=N2. The second-order valence-corrected chi connectivity index (χ2v) is 4.59. The molecule has 0 spiro atoms. The average molecular weight is 232 g/mol. The van der Waals surface area contributed by atoms with E-state index in [4.69, 9.17) is 10.5 Å². The Morgan fingerprint density at radius 3 is 2.76 bits per heavy atom. The number of carbonyl (C=O) groups is 1. The first-order chi connectivity index (χ1) is 7.98. The zero-order chi connectivity index (χ0) is 12.6. The molecular weight excluding hydrogens is 216 g/mol. The van der Waals surface area contributed by atoms with Gasteiger partial charge in [0, 0.05) is 11.5 Å². The smallest absolute Gasteiger partial charge is 0.244 e. The summed E-state index contributed by atoms with van der Waals surface area (Å²) in [5.74, 6) is 0.587. The van der Waals surface area contributed by atoms with Gasteiger partial charge in [0.05, 0.1) is 5.69 Å². The lowest BCUT2D eigenvalue weighted by atomic mass is 9.95. The lowest BCUT2D eigenvalue weighted by Crippen LogP contribution is -2.46. The molecule has 17 heavy (non-hydrogen) atoms. The van der Waals surface area contributed by atoms with Crippen molar-refractivity contribution >= 4 is 17.9 Å². The number of rotatable bonds is 2. The second-order valence-electron chi connectivity index (χ2n) is 4.59. The van der Waals surface area contributed by atoms with Gasteiger partial charge in [-0.05, 0) is 18.6 Å². The van der Waals surface area contributed by atoms with Gasteiger partial charge in [0.2, 0.25) is 5.72 Å². The number of hydrogen-bond acceptors (Lipinski definition) is 4. The van der Waals surface area contributed by atoms with Crippen LogP contribution in [-0.4, -0.2) is 12.2 Å². The second kappa shape index (κ2) is 3.96. The maximum absolute atomic E-state index is 11.3. The van der Waals surface area contributed by atoms with Crippen LogP contribution < -0.4 is 5.73 Å². The molecule has 0 amide bonds. The maximum Gasteiger partial charge on any atom is 0.244 e. The van der Waals surface area contributed by atoms with Crippen molar-refractivity contribution in [3.63, 3.8) is 0 Å². The van der Waals surface area contributed by atoms with E-state index in [9.17, 15) is 4.79 Å². The molecule has 1 aliphatic rings. The van der Waals surface area contributed by atoms with Crippen molar-refractivity contribution in [2.75, 3.05) is 0 Å². The first-order valence-electron chi connectivity index (χ1n) is 5.61. The average Bonchev–Trinajstić information content (AvgIpc) is 2.28. The number of aryl methyl sites for hydroxylation is 1. The van der Waals surface area contributed by atoms with Crippen LogP contribution in [0, 0.1) is 12.8 Å². The van der Waals surface area contributed by atoms with Crippen LogP contribution in [-0.2, 0) is 15.3 Å². The van der Waals surface area contributed by atoms with Crippen LogP contribution in [0.5, 0.6) is 0 Å². The van der Waals surface area contributed by atoms with Gasteiger partial charge in [-0.15, -0.1) is 0 Å². The van der Waals surface area contributed by atoms with E-state index < -0.39 is 5.72 Å². The van der Waals surface area contributed by atoms with Gasteiger partial charge in [0.15, 0.2) is 12.2 Å². The molecule has 1 atom stereocenters. The van der Waals surface area contributed by atoms with Crippen LogP contribution in [0.25, 0.3) is 0 Å². The van der Waals surface area contributed by atoms with Crippen molar-refractivity contribution < 1.29 is 9.53 Å². The molecular formula is C13H16N2O2. The lowest BCUT2D eigenvalue weighted by molar-refractivity contribution is -0.123. The molecule has 2 rings (SSSR count). The molecule has 1 unspecified atom stereocenters. The summed E-state index contributed by atoms with van der Waals surface area (Å²) in [5.41, 5.74) is 6.89. The fraction of sp³-hybridized carbons (Fsp3) is 0.385. The fourth-order valence-electron chi connectivity index (χ4n) is 1.95. The van der Waals surface area contributed by atoms with Gasteiger partial charge >= 0.3 is 0 Å². The van der Waals surface area contributed by atoms with Crippen LogP contribution in [0.1, 0.15) is 25.0 Å². The van der Waals surface area contributed by atoms with E-state index in [1.54, 1.807) is 0 Å². The van der Waals surface area contributed by atoms with Crippen LogP contribution in [0.2, 0.25) is 0 Å². The summed E-state index contributed by atoms with van der Waals surface area (Å²) in [6, 6.07) is 5.63. The van der Waals surface area contributed by atoms with Crippen molar-refractivity contribution in [1.29, 1.82) is 0 Å². The number of hydrogen-bond donors (Lipinski definition) is 1. The number of ether oxygens (including phenoxy) is 1. The van der Waals surface area contributed by atoms with Gasteiger partial charge < -0.3 is 4.74 Å². The number of carbonyl (C=O) groups excluding carboxylic acids is 1. The van der Waals surface area contributed by atoms with Crippen LogP contribution in [0.3, 0.4) is 0 Å². The summed E-state index contributed by atoms with van der Waals surface area (Å²) in [4.78, 5) is 15.7. The predicted octanol–water partition coefficient (Wildman–Crippen LogP) is 2.02. The van der Waals surface area contributed by atoms with E-state index in [2.05, 4.69) is 4.99 Å². The number of fused-ring (bicyclic) bond motifs is 1. The number of aldehydes is 1. The minimum atomic E-state index is -1.41. The highest BCUT2D eigenvalue weighted by molar-refractivity contribution is 5.88. The van der Waals surface area contributed by atoms with Gasteiger partial charge in [-0.25, -0.2) is 4.99 Å². The molecule has 0 radical (unpaired) electrons. The van der Waals surface area contributed by atoms with Gasteiger partial charge in [0.25, 0.3) is 0 Å². The van der Waals surface area contributed by atoms with Gasteiger partial charge in [0.1, 0.15) is 0 Å². The molecule has 1 aromatic carbocycles. The highest BCUT2D eigenvalue weighted by Gasteiger charge is 2.38. The summed E-state index contributed by atoms with van der Waals surface area (Å²) >= 11 is 0. The molecule has 1 aliphatic heterocycles. The summed E-state index contributed by atoms with van der Waals surface area (Å²) in [6.45, 7) is 5.79. The van der Waals surface area contributed by atoms with E-state index >= 15 is 0 Å². The molecule has 0 fully saturated rings. The van der Waals surface area contributed by atoms with E-state index in [-0.39, 0.29) is 5.92 Å². The van der Waals surface area contributed by atoms with Crippen LogP contribution in [0.15, 0.2) is 23.2 Å². The Bertz CT molecular complexity index is 494. The van der Waals surface area contributed by atoms with E-state index in [0.29, 0.717) is 17.7 Å². The minimum absolute atomic E-state index is 0.0894. The lowest BCUT2D eigenvalue weighted by Gasteiger charge is -2.33. The standard InChI is InChI=1S/C13H16N2O2/c1-8(2)12-15-10-6-4-5-9(3)11(10)13(14,7-16)17-12/h4-8H,14H2,1-3H3. The fourth-order valence-corrected chi connectivity index (χ4v) is 1.95. The molecule has 4 nitrogen and oxygen atoms in total. The minimum Gasteiger partial charge on any atom is -0.448 e. The molecule has 0 aromatic heterocycles.